The zero-order valence-corrected chi connectivity index (χ0v) is 18.0. The molecule has 0 fully saturated rings. The minimum absolute atomic E-state index is 0.152. The third kappa shape index (κ3) is 4.06. The van der Waals surface area contributed by atoms with Gasteiger partial charge in [0.1, 0.15) is 17.2 Å². The number of hydrogen-bond acceptors (Lipinski definition) is 7. The number of rotatable bonds is 5. The van der Waals surface area contributed by atoms with Gasteiger partial charge in [0.25, 0.3) is 0 Å². The first-order chi connectivity index (χ1) is 14.5. The van der Waals surface area contributed by atoms with Gasteiger partial charge < -0.3 is 23.7 Å². The van der Waals surface area contributed by atoms with Gasteiger partial charge >= 0.3 is 5.97 Å². The third-order valence-electron chi connectivity index (χ3n) is 4.56. The van der Waals surface area contributed by atoms with Crippen molar-refractivity contribution in [3.8, 4) is 17.2 Å². The first-order valence-electron chi connectivity index (χ1n) is 9.41. The number of hydrogen-bond donors (Lipinski definition) is 0. The third-order valence-corrected chi connectivity index (χ3v) is 5.02. The van der Waals surface area contributed by atoms with Gasteiger partial charge in [-0.15, -0.1) is 0 Å². The molecular formula is C22H19BrO7. The fourth-order valence-electron chi connectivity index (χ4n) is 3.21. The Morgan fingerprint density at radius 3 is 2.93 bits per heavy atom. The highest BCUT2D eigenvalue weighted by Crippen LogP contribution is 2.38. The zero-order chi connectivity index (χ0) is 21.3. The number of allylic oxidation sites excluding steroid dienone is 1. The van der Waals surface area contributed by atoms with E-state index in [-0.39, 0.29) is 24.9 Å². The summed E-state index contributed by atoms with van der Waals surface area (Å²) >= 11 is 3.47. The normalized spacial score (nSPS) is 16.9. The molecule has 2 aliphatic rings. The summed E-state index contributed by atoms with van der Waals surface area (Å²) in [7, 11) is 0. The molecule has 0 spiro atoms. The molecule has 0 unspecified atom stereocenters. The minimum Gasteiger partial charge on any atom is -0.479 e. The second-order valence-corrected chi connectivity index (χ2v) is 7.62. The largest absolute Gasteiger partial charge is 0.479 e. The van der Waals surface area contributed by atoms with E-state index < -0.39 is 12.1 Å². The van der Waals surface area contributed by atoms with Crippen molar-refractivity contribution >= 4 is 33.8 Å². The van der Waals surface area contributed by atoms with Crippen molar-refractivity contribution in [1.29, 1.82) is 0 Å². The smallest absolute Gasteiger partial charge is 0.347 e. The topological polar surface area (TPSA) is 80.3 Å². The lowest BCUT2D eigenvalue weighted by molar-refractivity contribution is -0.150. The molecule has 2 aromatic rings. The van der Waals surface area contributed by atoms with Crippen LogP contribution < -0.4 is 14.2 Å². The lowest BCUT2D eigenvalue weighted by atomic mass is 10.1. The Morgan fingerprint density at radius 2 is 2.13 bits per heavy atom. The molecule has 7 nitrogen and oxygen atoms in total. The fourth-order valence-corrected chi connectivity index (χ4v) is 3.73. The van der Waals surface area contributed by atoms with Crippen molar-refractivity contribution in [2.45, 2.75) is 26.6 Å². The second-order valence-electron chi connectivity index (χ2n) is 6.70. The highest BCUT2D eigenvalue weighted by molar-refractivity contribution is 9.10. The van der Waals surface area contributed by atoms with Gasteiger partial charge in [-0.2, -0.15) is 0 Å². The Kier molecular flexibility index (Phi) is 5.78. The van der Waals surface area contributed by atoms with Crippen LogP contribution in [0.2, 0.25) is 0 Å². The van der Waals surface area contributed by atoms with Crippen molar-refractivity contribution in [3.05, 3.63) is 57.3 Å². The van der Waals surface area contributed by atoms with Crippen LogP contribution in [0.3, 0.4) is 0 Å². The molecule has 0 aliphatic carbocycles. The van der Waals surface area contributed by atoms with E-state index in [1.165, 1.54) is 0 Å². The number of fused-ring (bicyclic) bond motifs is 2. The monoisotopic (exact) mass is 474 g/mol. The van der Waals surface area contributed by atoms with Crippen molar-refractivity contribution in [2.75, 3.05) is 13.4 Å². The summed E-state index contributed by atoms with van der Waals surface area (Å²) in [6, 6.07) is 8.60. The van der Waals surface area contributed by atoms with Crippen molar-refractivity contribution in [1.82, 2.24) is 0 Å². The van der Waals surface area contributed by atoms with E-state index in [4.69, 9.17) is 23.7 Å². The molecule has 0 saturated carbocycles. The van der Waals surface area contributed by atoms with Gasteiger partial charge in [-0.25, -0.2) is 4.79 Å². The number of carbonyl (C=O) groups excluding carboxylic acids is 2. The summed E-state index contributed by atoms with van der Waals surface area (Å²) in [5.41, 5.74) is 2.02. The average molecular weight is 475 g/mol. The van der Waals surface area contributed by atoms with Crippen LogP contribution in [0.4, 0.5) is 0 Å². The Bertz CT molecular complexity index is 1040. The minimum atomic E-state index is -0.775. The second kappa shape index (κ2) is 8.49. The van der Waals surface area contributed by atoms with Crippen LogP contribution >= 0.6 is 15.9 Å². The maximum absolute atomic E-state index is 12.8. The lowest BCUT2D eigenvalue weighted by Gasteiger charge is -2.20. The standard InChI is InChI=1S/C22H19BrO7/c1-3-27-22(25)12(2)29-16-4-5-17-18(9-16)30-19(20(17)24)8-13-6-15(23)7-14-10-26-11-28-21(13)14/h4-9,12H,3,10-11H2,1-2H3/b19-8-/t12-/m1/s1. The van der Waals surface area contributed by atoms with E-state index in [1.54, 1.807) is 38.1 Å². The summed E-state index contributed by atoms with van der Waals surface area (Å²) in [4.78, 5) is 24.6. The Balaban J connectivity index is 1.59. The first-order valence-corrected chi connectivity index (χ1v) is 10.2. The molecule has 2 heterocycles. The molecular weight excluding hydrogens is 456 g/mol. The van der Waals surface area contributed by atoms with E-state index in [0.29, 0.717) is 35.0 Å². The number of ketones is 1. The molecule has 0 radical (unpaired) electrons. The number of carbonyl (C=O) groups is 2. The summed E-state index contributed by atoms with van der Waals surface area (Å²) in [6.45, 7) is 4.19. The Morgan fingerprint density at radius 1 is 1.30 bits per heavy atom. The van der Waals surface area contributed by atoms with Gasteiger partial charge in [0, 0.05) is 21.7 Å². The number of esters is 1. The van der Waals surface area contributed by atoms with Crippen LogP contribution in [-0.2, 0) is 20.9 Å². The van der Waals surface area contributed by atoms with E-state index in [1.807, 2.05) is 12.1 Å². The summed E-state index contributed by atoms with van der Waals surface area (Å²) in [6.07, 6.45) is 0.877. The molecule has 0 N–H and O–H groups in total. The molecule has 0 saturated heterocycles. The molecule has 0 amide bonds. The highest BCUT2D eigenvalue weighted by Gasteiger charge is 2.29. The van der Waals surface area contributed by atoms with Crippen LogP contribution in [-0.4, -0.2) is 31.3 Å². The van der Waals surface area contributed by atoms with Crippen molar-refractivity contribution < 1.29 is 33.3 Å². The Labute approximate surface area is 181 Å². The van der Waals surface area contributed by atoms with Gasteiger partial charge in [-0.3, -0.25) is 4.79 Å². The summed E-state index contributed by atoms with van der Waals surface area (Å²) < 4.78 is 28.1. The summed E-state index contributed by atoms with van der Waals surface area (Å²) in [5.74, 6) is 0.916. The van der Waals surface area contributed by atoms with Crippen LogP contribution in [0.1, 0.15) is 35.3 Å². The fraction of sp³-hybridized carbons (Fsp3) is 0.273. The molecule has 2 aliphatic heterocycles. The molecule has 1 atom stereocenters. The van der Waals surface area contributed by atoms with Crippen molar-refractivity contribution in [2.24, 2.45) is 0 Å². The lowest BCUT2D eigenvalue weighted by Crippen LogP contribution is -2.26. The van der Waals surface area contributed by atoms with Gasteiger partial charge in [0.05, 0.1) is 18.8 Å². The molecule has 0 bridgehead atoms. The van der Waals surface area contributed by atoms with Gasteiger partial charge in [0.15, 0.2) is 18.7 Å². The van der Waals surface area contributed by atoms with Crippen LogP contribution in [0.25, 0.3) is 6.08 Å². The quantitative estimate of drug-likeness (QED) is 0.472. The summed E-state index contributed by atoms with van der Waals surface area (Å²) in [5, 5.41) is 0. The predicted octanol–water partition coefficient (Wildman–Crippen LogP) is 4.26. The molecule has 2 aromatic carbocycles. The number of ether oxygens (including phenoxy) is 5. The molecule has 0 aromatic heterocycles. The van der Waals surface area contributed by atoms with Crippen molar-refractivity contribution in [3.63, 3.8) is 0 Å². The number of benzene rings is 2. The molecule has 30 heavy (non-hydrogen) atoms. The number of halogens is 1. The van der Waals surface area contributed by atoms with Gasteiger partial charge in [-0.1, -0.05) is 15.9 Å². The molecule has 156 valence electrons. The van der Waals surface area contributed by atoms with Gasteiger partial charge in [-0.05, 0) is 44.2 Å². The highest BCUT2D eigenvalue weighted by atomic mass is 79.9. The van der Waals surface area contributed by atoms with E-state index in [9.17, 15) is 9.59 Å². The predicted molar refractivity (Wildman–Crippen MR) is 111 cm³/mol. The molecule has 8 heteroatoms. The van der Waals surface area contributed by atoms with E-state index in [0.717, 1.165) is 10.0 Å². The van der Waals surface area contributed by atoms with Crippen LogP contribution in [0.5, 0.6) is 17.2 Å². The SMILES string of the molecule is CCOC(=O)[C@@H](C)Oc1ccc2c(c1)O/C(=C\c1cc(Br)cc3c1OCOC3)C2=O. The van der Waals surface area contributed by atoms with E-state index >= 15 is 0 Å². The average Bonchev–Trinajstić information content (AvgIpc) is 3.02. The van der Waals surface area contributed by atoms with Crippen LogP contribution in [0.15, 0.2) is 40.6 Å². The zero-order valence-electron chi connectivity index (χ0n) is 16.4. The number of Topliss-reactive ketones (excluding diaryl/α,β-unsaturated/α-hetero) is 1. The van der Waals surface area contributed by atoms with Gasteiger partial charge in [0.2, 0.25) is 5.78 Å². The van der Waals surface area contributed by atoms with E-state index in [2.05, 4.69) is 15.9 Å². The maximum atomic E-state index is 12.8. The Hall–Kier alpha value is -2.84. The first kappa shape index (κ1) is 20.4. The maximum Gasteiger partial charge on any atom is 0.347 e. The molecule has 4 rings (SSSR count). The van der Waals surface area contributed by atoms with Crippen LogP contribution in [0, 0.1) is 0 Å².